The third-order valence-electron chi connectivity index (χ3n) is 4.41. The van der Waals surface area contributed by atoms with Crippen molar-refractivity contribution >= 4 is 48.1 Å². The van der Waals surface area contributed by atoms with Crippen LogP contribution in [-0.2, 0) is 16.9 Å². The summed E-state index contributed by atoms with van der Waals surface area (Å²) in [6.07, 6.45) is 1.13. The van der Waals surface area contributed by atoms with Crippen LogP contribution in [0.15, 0.2) is 70.6 Å². The summed E-state index contributed by atoms with van der Waals surface area (Å²) in [7, 11) is -1.40. The molecule has 0 saturated carbocycles. The number of nitrogens with zero attached hydrogens (tertiary/aromatic N) is 2. The molecule has 1 heterocycles. The number of amides is 1. The number of thiazole rings is 1. The first-order valence-corrected chi connectivity index (χ1v) is 10.9. The van der Waals surface area contributed by atoms with E-state index in [4.69, 9.17) is 0 Å². The van der Waals surface area contributed by atoms with Crippen LogP contribution in [0.4, 0.5) is 0 Å². The number of rotatable bonds is 2. The average Bonchev–Trinajstić information content (AvgIpc) is 2.97. The number of carbonyl (C=O) groups excluding carboxylic acids is 1. The zero-order chi connectivity index (χ0) is 19.2. The van der Waals surface area contributed by atoms with E-state index in [1.807, 2.05) is 29.8 Å². The Labute approximate surface area is 160 Å². The van der Waals surface area contributed by atoms with Crippen molar-refractivity contribution < 1.29 is 13.2 Å². The molecule has 0 spiro atoms. The van der Waals surface area contributed by atoms with Gasteiger partial charge in [-0.2, -0.15) is 4.99 Å². The first-order chi connectivity index (χ1) is 12.8. The standard InChI is InChI=1S/C20H16N2O3S2/c1-22-18-16-6-4-3-5-13(16)9-12-17(18)26-20(22)21-19(23)14-7-10-15(11-8-14)27(2,24)25/h3-12H,1-2H3. The van der Waals surface area contributed by atoms with Crippen molar-refractivity contribution in [3.05, 3.63) is 71.0 Å². The molecule has 4 aromatic rings. The van der Waals surface area contributed by atoms with E-state index in [0.717, 1.165) is 27.2 Å². The molecule has 4 rings (SSSR count). The molecule has 27 heavy (non-hydrogen) atoms. The molecule has 0 aliphatic carbocycles. The summed E-state index contributed by atoms with van der Waals surface area (Å²) < 4.78 is 26.1. The molecular weight excluding hydrogens is 380 g/mol. The second kappa shape index (κ2) is 6.44. The molecule has 1 aromatic heterocycles. The minimum absolute atomic E-state index is 0.179. The Morgan fingerprint density at radius 1 is 1.00 bits per heavy atom. The van der Waals surface area contributed by atoms with E-state index in [1.54, 1.807) is 0 Å². The molecule has 0 radical (unpaired) electrons. The molecule has 0 fully saturated rings. The van der Waals surface area contributed by atoms with Gasteiger partial charge in [0, 0.05) is 24.3 Å². The van der Waals surface area contributed by atoms with Crippen LogP contribution in [0.25, 0.3) is 21.0 Å². The number of sulfone groups is 1. The third-order valence-corrected chi connectivity index (χ3v) is 6.64. The lowest BCUT2D eigenvalue weighted by atomic mass is 10.1. The van der Waals surface area contributed by atoms with Gasteiger partial charge in [0.15, 0.2) is 14.6 Å². The van der Waals surface area contributed by atoms with Crippen molar-refractivity contribution in [2.45, 2.75) is 4.90 Å². The van der Waals surface area contributed by atoms with Gasteiger partial charge in [-0.25, -0.2) is 8.42 Å². The number of aryl methyl sites for hydroxylation is 1. The lowest BCUT2D eigenvalue weighted by Gasteiger charge is -2.02. The van der Waals surface area contributed by atoms with E-state index in [1.165, 1.54) is 35.6 Å². The van der Waals surface area contributed by atoms with Gasteiger partial charge >= 0.3 is 0 Å². The van der Waals surface area contributed by atoms with Crippen LogP contribution in [0.1, 0.15) is 10.4 Å². The molecule has 0 unspecified atom stereocenters. The monoisotopic (exact) mass is 396 g/mol. The summed E-state index contributed by atoms with van der Waals surface area (Å²) >= 11 is 1.45. The zero-order valence-corrected chi connectivity index (χ0v) is 16.3. The second-order valence-electron chi connectivity index (χ2n) is 6.29. The van der Waals surface area contributed by atoms with Crippen LogP contribution in [0.2, 0.25) is 0 Å². The lowest BCUT2D eigenvalue weighted by molar-refractivity contribution is 0.0998. The fourth-order valence-corrected chi connectivity index (χ4v) is 4.68. The van der Waals surface area contributed by atoms with E-state index in [0.29, 0.717) is 10.4 Å². The Bertz CT molecular complexity index is 1360. The third kappa shape index (κ3) is 3.20. The molecule has 0 bridgehead atoms. The van der Waals surface area contributed by atoms with Gasteiger partial charge < -0.3 is 4.57 Å². The Morgan fingerprint density at radius 3 is 2.41 bits per heavy atom. The van der Waals surface area contributed by atoms with E-state index < -0.39 is 15.7 Å². The minimum atomic E-state index is -3.29. The normalized spacial score (nSPS) is 12.7. The summed E-state index contributed by atoms with van der Waals surface area (Å²) in [6.45, 7) is 0. The number of fused-ring (bicyclic) bond motifs is 3. The Kier molecular flexibility index (Phi) is 4.20. The number of aromatic nitrogens is 1. The molecule has 0 saturated heterocycles. The smallest absolute Gasteiger partial charge is 0.279 e. The van der Waals surface area contributed by atoms with Crippen molar-refractivity contribution in [3.8, 4) is 0 Å². The average molecular weight is 396 g/mol. The van der Waals surface area contributed by atoms with Crippen LogP contribution in [0.3, 0.4) is 0 Å². The van der Waals surface area contributed by atoms with Gasteiger partial charge in [0.05, 0.1) is 15.1 Å². The van der Waals surface area contributed by atoms with Crippen LogP contribution in [-0.4, -0.2) is 25.1 Å². The predicted octanol–water partition coefficient (Wildman–Crippen LogP) is 3.54. The Hall–Kier alpha value is -2.77. The summed E-state index contributed by atoms with van der Waals surface area (Å²) in [4.78, 5) is 17.6. The van der Waals surface area contributed by atoms with Gasteiger partial charge in [0.25, 0.3) is 5.91 Å². The van der Waals surface area contributed by atoms with Crippen LogP contribution in [0, 0.1) is 0 Å². The van der Waals surface area contributed by atoms with E-state index in [-0.39, 0.29) is 4.90 Å². The van der Waals surface area contributed by atoms with Gasteiger partial charge in [-0.1, -0.05) is 41.7 Å². The Balaban J connectivity index is 1.82. The first kappa shape index (κ1) is 17.6. The van der Waals surface area contributed by atoms with Crippen molar-refractivity contribution in [2.24, 2.45) is 12.0 Å². The lowest BCUT2D eigenvalue weighted by Crippen LogP contribution is -2.13. The molecule has 3 aromatic carbocycles. The zero-order valence-electron chi connectivity index (χ0n) is 14.7. The highest BCUT2D eigenvalue weighted by Gasteiger charge is 2.11. The largest absolute Gasteiger partial charge is 0.319 e. The fourth-order valence-electron chi connectivity index (χ4n) is 3.02. The van der Waals surface area contributed by atoms with Gasteiger partial charge in [-0.15, -0.1) is 0 Å². The molecule has 0 N–H and O–H groups in total. The molecule has 0 aliphatic rings. The maximum absolute atomic E-state index is 12.5. The summed E-state index contributed by atoms with van der Waals surface area (Å²) in [5, 5.41) is 2.24. The molecule has 7 heteroatoms. The van der Waals surface area contributed by atoms with Crippen LogP contribution >= 0.6 is 11.3 Å². The van der Waals surface area contributed by atoms with Crippen LogP contribution < -0.4 is 4.80 Å². The number of hydrogen-bond acceptors (Lipinski definition) is 4. The van der Waals surface area contributed by atoms with Crippen LogP contribution in [0.5, 0.6) is 0 Å². The van der Waals surface area contributed by atoms with Crippen molar-refractivity contribution in [1.29, 1.82) is 0 Å². The predicted molar refractivity (Wildman–Crippen MR) is 108 cm³/mol. The first-order valence-electron chi connectivity index (χ1n) is 8.21. The van der Waals surface area contributed by atoms with E-state index in [2.05, 4.69) is 23.2 Å². The van der Waals surface area contributed by atoms with Gasteiger partial charge in [0.2, 0.25) is 0 Å². The number of hydrogen-bond donors (Lipinski definition) is 0. The molecule has 5 nitrogen and oxygen atoms in total. The highest BCUT2D eigenvalue weighted by molar-refractivity contribution is 7.90. The summed E-state index contributed by atoms with van der Waals surface area (Å²) in [5.74, 6) is -0.401. The highest BCUT2D eigenvalue weighted by Crippen LogP contribution is 2.26. The minimum Gasteiger partial charge on any atom is -0.319 e. The SMILES string of the molecule is Cn1c(=NC(=O)c2ccc(S(C)(=O)=O)cc2)sc2ccc3ccccc3c21. The molecule has 1 amide bonds. The van der Waals surface area contributed by atoms with E-state index in [9.17, 15) is 13.2 Å². The van der Waals surface area contributed by atoms with Gasteiger partial charge in [-0.05, 0) is 35.7 Å². The Morgan fingerprint density at radius 2 is 1.70 bits per heavy atom. The fraction of sp³-hybridized carbons (Fsp3) is 0.100. The number of carbonyl (C=O) groups is 1. The maximum Gasteiger partial charge on any atom is 0.279 e. The molecule has 0 atom stereocenters. The van der Waals surface area contributed by atoms with Gasteiger partial charge in [0.1, 0.15) is 0 Å². The van der Waals surface area contributed by atoms with Gasteiger partial charge in [-0.3, -0.25) is 4.79 Å². The maximum atomic E-state index is 12.5. The molecular formula is C20H16N2O3S2. The van der Waals surface area contributed by atoms with Crippen molar-refractivity contribution in [3.63, 3.8) is 0 Å². The summed E-state index contributed by atoms with van der Waals surface area (Å²) in [5.41, 5.74) is 1.39. The van der Waals surface area contributed by atoms with E-state index >= 15 is 0 Å². The molecule has 0 aliphatic heterocycles. The topological polar surface area (TPSA) is 68.5 Å². The van der Waals surface area contributed by atoms with Crippen molar-refractivity contribution in [1.82, 2.24) is 4.57 Å². The quantitative estimate of drug-likeness (QED) is 0.520. The number of benzene rings is 3. The summed E-state index contributed by atoms with van der Waals surface area (Å²) in [6, 6.07) is 18.0. The van der Waals surface area contributed by atoms with Crippen molar-refractivity contribution in [2.75, 3.05) is 6.26 Å². The second-order valence-corrected chi connectivity index (χ2v) is 9.32. The molecule has 136 valence electrons. The highest BCUT2D eigenvalue weighted by atomic mass is 32.2.